The normalized spacial score (nSPS) is 14.7. The third-order valence-electron chi connectivity index (χ3n) is 5.06. The second-order valence-electron chi connectivity index (χ2n) is 7.21. The average molecular weight is 435 g/mol. The van der Waals surface area contributed by atoms with Gasteiger partial charge in [0.25, 0.3) is 0 Å². The van der Waals surface area contributed by atoms with E-state index in [1.165, 1.54) is 28.6 Å². The van der Waals surface area contributed by atoms with E-state index in [0.29, 0.717) is 24.4 Å². The minimum Gasteiger partial charge on any atom is -0.423 e. The highest BCUT2D eigenvalue weighted by Crippen LogP contribution is 2.22. The number of nitrogens with zero attached hydrogens (tertiary/aromatic N) is 2. The molecule has 1 aromatic heterocycles. The van der Waals surface area contributed by atoms with Gasteiger partial charge in [-0.3, -0.25) is 4.98 Å². The number of pyridine rings is 1. The maximum absolute atomic E-state index is 12.6. The fraction of sp³-hybridized carbons (Fsp3) is 0.167. The molecule has 1 aliphatic rings. The number of benzene rings is 2. The van der Waals surface area contributed by atoms with Crippen molar-refractivity contribution in [3.63, 3.8) is 0 Å². The van der Waals surface area contributed by atoms with E-state index in [9.17, 15) is 13.2 Å². The van der Waals surface area contributed by atoms with Crippen molar-refractivity contribution in [2.45, 2.75) is 17.7 Å². The molecule has 0 N–H and O–H groups in total. The molecule has 4 rings (SSSR count). The van der Waals surface area contributed by atoms with Crippen molar-refractivity contribution in [3.8, 4) is 5.75 Å². The fourth-order valence-corrected chi connectivity index (χ4v) is 4.84. The monoisotopic (exact) mass is 434 g/mol. The topological polar surface area (TPSA) is 76.6 Å². The summed E-state index contributed by atoms with van der Waals surface area (Å²) < 4.78 is 32.1. The van der Waals surface area contributed by atoms with E-state index >= 15 is 0 Å². The lowest BCUT2D eigenvalue weighted by Crippen LogP contribution is -2.27. The number of carbonyl (C=O) groups excluding carboxylic acids is 1. The minimum atomic E-state index is -3.50. The van der Waals surface area contributed by atoms with Crippen molar-refractivity contribution in [3.05, 3.63) is 89.7 Å². The molecule has 0 unspecified atom stereocenters. The zero-order valence-corrected chi connectivity index (χ0v) is 17.7. The highest BCUT2D eigenvalue weighted by atomic mass is 32.2. The molecule has 0 bridgehead atoms. The van der Waals surface area contributed by atoms with Crippen LogP contribution < -0.4 is 4.74 Å². The van der Waals surface area contributed by atoms with Gasteiger partial charge in [-0.2, -0.15) is 4.31 Å². The molecule has 1 fully saturated rings. The van der Waals surface area contributed by atoms with Crippen LogP contribution in [0.2, 0.25) is 0 Å². The van der Waals surface area contributed by atoms with Crippen LogP contribution in [-0.4, -0.2) is 36.8 Å². The van der Waals surface area contributed by atoms with Crippen LogP contribution in [0.1, 0.15) is 34.3 Å². The van der Waals surface area contributed by atoms with Gasteiger partial charge >= 0.3 is 5.97 Å². The van der Waals surface area contributed by atoms with Crippen molar-refractivity contribution < 1.29 is 17.9 Å². The first-order valence-electron chi connectivity index (χ1n) is 10.0. The van der Waals surface area contributed by atoms with Crippen LogP contribution in [0.4, 0.5) is 0 Å². The summed E-state index contributed by atoms with van der Waals surface area (Å²) in [5.41, 5.74) is 2.30. The second-order valence-corrected chi connectivity index (χ2v) is 9.15. The summed E-state index contributed by atoms with van der Waals surface area (Å²) in [6.07, 6.45) is 9.15. The number of sulfonamides is 1. The highest BCUT2D eigenvalue weighted by molar-refractivity contribution is 7.89. The van der Waals surface area contributed by atoms with Crippen LogP contribution >= 0.6 is 0 Å². The summed E-state index contributed by atoms with van der Waals surface area (Å²) in [6.45, 7) is 1.08. The van der Waals surface area contributed by atoms with Gasteiger partial charge < -0.3 is 4.74 Å². The molecule has 3 aromatic rings. The Labute approximate surface area is 181 Å². The van der Waals surface area contributed by atoms with E-state index in [1.54, 1.807) is 24.5 Å². The second kappa shape index (κ2) is 9.24. The minimum absolute atomic E-state index is 0.191. The van der Waals surface area contributed by atoms with Gasteiger partial charge in [0, 0.05) is 25.5 Å². The fourth-order valence-electron chi connectivity index (χ4n) is 3.32. The van der Waals surface area contributed by atoms with E-state index in [2.05, 4.69) is 4.98 Å². The molecule has 0 radical (unpaired) electrons. The molecular formula is C24H22N2O4S. The number of rotatable bonds is 6. The Bertz CT molecular complexity index is 1170. The Balaban J connectivity index is 1.39. The number of hydrogen-bond donors (Lipinski definition) is 0. The zero-order chi connectivity index (χ0) is 21.7. The molecule has 0 saturated carbocycles. The van der Waals surface area contributed by atoms with Gasteiger partial charge in [0.2, 0.25) is 10.0 Å². The molecule has 0 spiro atoms. The van der Waals surface area contributed by atoms with Gasteiger partial charge in [-0.05, 0) is 72.5 Å². The maximum Gasteiger partial charge on any atom is 0.343 e. The van der Waals surface area contributed by atoms with Crippen LogP contribution in [0.3, 0.4) is 0 Å². The summed E-state index contributed by atoms with van der Waals surface area (Å²) in [4.78, 5) is 16.6. The van der Waals surface area contributed by atoms with Crippen LogP contribution in [0, 0.1) is 0 Å². The molecule has 158 valence electrons. The zero-order valence-electron chi connectivity index (χ0n) is 16.8. The molecular weight excluding hydrogens is 412 g/mol. The quantitative estimate of drug-likeness (QED) is 0.428. The Morgan fingerprint density at radius 1 is 0.839 bits per heavy atom. The molecule has 0 atom stereocenters. The van der Waals surface area contributed by atoms with Crippen molar-refractivity contribution in [1.29, 1.82) is 0 Å². The van der Waals surface area contributed by atoms with Crippen molar-refractivity contribution in [1.82, 2.24) is 9.29 Å². The highest BCUT2D eigenvalue weighted by Gasteiger charge is 2.27. The molecule has 1 saturated heterocycles. The van der Waals surface area contributed by atoms with Gasteiger partial charge in [-0.25, -0.2) is 13.2 Å². The van der Waals surface area contributed by atoms with Gasteiger partial charge in [0.15, 0.2) is 0 Å². The van der Waals surface area contributed by atoms with E-state index in [-0.39, 0.29) is 4.90 Å². The molecule has 31 heavy (non-hydrogen) atoms. The van der Waals surface area contributed by atoms with Gasteiger partial charge in [0.1, 0.15) is 5.75 Å². The summed E-state index contributed by atoms with van der Waals surface area (Å²) in [6, 6.07) is 16.8. The Kier molecular flexibility index (Phi) is 6.25. The standard InChI is InChI=1S/C24H22N2O4S/c27-24(21-7-11-23(12-8-21)31(28,29)26-17-1-2-18-26)30-22-9-5-19(6-10-22)3-4-20-13-15-25-16-14-20/h3-16H,1-2,17-18H2. The lowest BCUT2D eigenvalue weighted by molar-refractivity contribution is 0.0734. The van der Waals surface area contributed by atoms with Crippen molar-refractivity contribution >= 4 is 28.1 Å². The molecule has 2 aromatic carbocycles. The van der Waals surface area contributed by atoms with Crippen LogP contribution in [0.5, 0.6) is 5.75 Å². The number of ether oxygens (including phenoxy) is 1. The molecule has 1 aliphatic heterocycles. The Morgan fingerprint density at radius 3 is 2.03 bits per heavy atom. The van der Waals surface area contributed by atoms with Gasteiger partial charge in [-0.15, -0.1) is 0 Å². The molecule has 0 amide bonds. The third kappa shape index (κ3) is 5.07. The van der Waals surface area contributed by atoms with Gasteiger partial charge in [-0.1, -0.05) is 24.3 Å². The maximum atomic E-state index is 12.6. The number of aromatic nitrogens is 1. The smallest absolute Gasteiger partial charge is 0.343 e. The van der Waals surface area contributed by atoms with E-state index in [1.807, 2.05) is 36.4 Å². The van der Waals surface area contributed by atoms with Crippen molar-refractivity contribution in [2.24, 2.45) is 0 Å². The SMILES string of the molecule is O=C(Oc1ccc(C=Cc2ccncc2)cc1)c1ccc(S(=O)(=O)N2CCCC2)cc1. The Morgan fingerprint density at radius 2 is 1.42 bits per heavy atom. The largest absolute Gasteiger partial charge is 0.423 e. The first kappa shape index (κ1) is 21.0. The lowest BCUT2D eigenvalue weighted by Gasteiger charge is -2.15. The van der Waals surface area contributed by atoms with Crippen molar-refractivity contribution in [2.75, 3.05) is 13.1 Å². The van der Waals surface area contributed by atoms with Crippen LogP contribution in [0.25, 0.3) is 12.2 Å². The van der Waals surface area contributed by atoms with E-state index in [4.69, 9.17) is 4.74 Å². The summed E-state index contributed by atoms with van der Waals surface area (Å²) in [5.74, 6) is -0.120. The Hall–Kier alpha value is -3.29. The molecule has 2 heterocycles. The molecule has 6 nitrogen and oxygen atoms in total. The summed E-state index contributed by atoms with van der Waals surface area (Å²) in [7, 11) is -3.50. The number of esters is 1. The molecule has 7 heteroatoms. The predicted octanol–water partition coefficient (Wildman–Crippen LogP) is 4.26. The third-order valence-corrected chi connectivity index (χ3v) is 6.97. The van der Waals surface area contributed by atoms with Crippen LogP contribution in [0.15, 0.2) is 78.0 Å². The summed E-state index contributed by atoms with van der Waals surface area (Å²) in [5, 5.41) is 0. The predicted molar refractivity (Wildman–Crippen MR) is 119 cm³/mol. The number of hydrogen-bond acceptors (Lipinski definition) is 5. The van der Waals surface area contributed by atoms with Gasteiger partial charge in [0.05, 0.1) is 10.5 Å². The average Bonchev–Trinajstić information content (AvgIpc) is 3.35. The number of carbonyl (C=O) groups is 1. The summed E-state index contributed by atoms with van der Waals surface area (Å²) >= 11 is 0. The molecule has 0 aliphatic carbocycles. The first-order chi connectivity index (χ1) is 15.0. The van der Waals surface area contributed by atoms with Crippen LogP contribution in [-0.2, 0) is 10.0 Å². The van der Waals surface area contributed by atoms with E-state index in [0.717, 1.165) is 24.0 Å². The first-order valence-corrected chi connectivity index (χ1v) is 11.5. The lowest BCUT2D eigenvalue weighted by atomic mass is 10.1. The van der Waals surface area contributed by atoms with E-state index < -0.39 is 16.0 Å².